The first-order valence-electron chi connectivity index (χ1n) is 6.76. The van der Waals surface area contributed by atoms with Crippen LogP contribution in [0.4, 0.5) is 0 Å². The molecule has 0 rings (SSSR count). The zero-order valence-electron chi connectivity index (χ0n) is 11.6. The standard InChI is InChI=1S/C13H28N2S.BrH/c1-4-7-10-14-13(15-11-8-5-2)16-12-9-6-3;/h4-12H2,1-3H3,(H,14,15);1H. The van der Waals surface area contributed by atoms with Crippen molar-refractivity contribution >= 4 is 33.9 Å². The zero-order chi connectivity index (χ0) is 12.1. The van der Waals surface area contributed by atoms with Crippen LogP contribution in [0, 0.1) is 0 Å². The van der Waals surface area contributed by atoms with Gasteiger partial charge in [-0.3, -0.25) is 4.99 Å². The second-order valence-electron chi connectivity index (χ2n) is 4.02. The third kappa shape index (κ3) is 14.2. The van der Waals surface area contributed by atoms with Gasteiger partial charge in [-0.15, -0.1) is 17.0 Å². The summed E-state index contributed by atoms with van der Waals surface area (Å²) in [4.78, 5) is 4.63. The van der Waals surface area contributed by atoms with Gasteiger partial charge in [0.25, 0.3) is 0 Å². The normalized spacial score (nSPS) is 11.1. The van der Waals surface area contributed by atoms with Crippen LogP contribution in [0.25, 0.3) is 0 Å². The first-order valence-corrected chi connectivity index (χ1v) is 7.74. The maximum atomic E-state index is 4.63. The molecule has 0 unspecified atom stereocenters. The van der Waals surface area contributed by atoms with E-state index in [0.29, 0.717) is 0 Å². The number of nitrogens with one attached hydrogen (secondary N) is 1. The highest BCUT2D eigenvalue weighted by Crippen LogP contribution is 2.06. The summed E-state index contributed by atoms with van der Waals surface area (Å²) < 4.78 is 0. The van der Waals surface area contributed by atoms with Gasteiger partial charge >= 0.3 is 0 Å². The molecule has 0 aliphatic carbocycles. The van der Waals surface area contributed by atoms with E-state index >= 15 is 0 Å². The first kappa shape index (κ1) is 19.6. The number of aliphatic imine (C=N–C) groups is 1. The molecular formula is C13H29BrN2S. The van der Waals surface area contributed by atoms with Crippen molar-refractivity contribution in [3.05, 3.63) is 0 Å². The molecule has 0 heterocycles. The van der Waals surface area contributed by atoms with Crippen LogP contribution in [0.15, 0.2) is 4.99 Å². The molecule has 0 aromatic carbocycles. The molecule has 0 bridgehead atoms. The van der Waals surface area contributed by atoms with Crippen molar-refractivity contribution in [3.8, 4) is 0 Å². The van der Waals surface area contributed by atoms with E-state index in [0.717, 1.165) is 18.3 Å². The van der Waals surface area contributed by atoms with Gasteiger partial charge in [0.15, 0.2) is 5.17 Å². The minimum atomic E-state index is 0. The molecule has 1 N–H and O–H groups in total. The Labute approximate surface area is 122 Å². The summed E-state index contributed by atoms with van der Waals surface area (Å²) in [5, 5.41) is 4.61. The quantitative estimate of drug-likeness (QED) is 0.379. The minimum absolute atomic E-state index is 0. The predicted molar refractivity (Wildman–Crippen MR) is 87.8 cm³/mol. The van der Waals surface area contributed by atoms with Crippen LogP contribution in [0.2, 0.25) is 0 Å². The highest BCUT2D eigenvalue weighted by atomic mass is 79.9. The Morgan fingerprint density at radius 2 is 1.65 bits per heavy atom. The SMILES string of the molecule is Br.CCCCN=C(NCCCC)SCCCC. The topological polar surface area (TPSA) is 24.4 Å². The van der Waals surface area contributed by atoms with E-state index in [4.69, 9.17) is 0 Å². The second kappa shape index (κ2) is 16.3. The molecule has 4 heteroatoms. The van der Waals surface area contributed by atoms with Gasteiger partial charge in [-0.2, -0.15) is 0 Å². The molecule has 0 spiro atoms. The summed E-state index contributed by atoms with van der Waals surface area (Å²) in [6.07, 6.45) is 7.46. The van der Waals surface area contributed by atoms with E-state index in [-0.39, 0.29) is 17.0 Å². The van der Waals surface area contributed by atoms with Crippen molar-refractivity contribution in [2.24, 2.45) is 4.99 Å². The van der Waals surface area contributed by atoms with Crippen molar-refractivity contribution in [3.63, 3.8) is 0 Å². The lowest BCUT2D eigenvalue weighted by molar-refractivity contribution is 0.751. The summed E-state index contributed by atoms with van der Waals surface area (Å²) in [5.41, 5.74) is 0. The van der Waals surface area contributed by atoms with Gasteiger partial charge in [-0.1, -0.05) is 51.8 Å². The average Bonchev–Trinajstić information content (AvgIpc) is 2.29. The van der Waals surface area contributed by atoms with E-state index in [1.54, 1.807) is 0 Å². The Kier molecular flexibility index (Phi) is 18.8. The lowest BCUT2D eigenvalue weighted by atomic mass is 10.3. The van der Waals surface area contributed by atoms with E-state index in [9.17, 15) is 0 Å². The van der Waals surface area contributed by atoms with Crippen LogP contribution in [0.5, 0.6) is 0 Å². The van der Waals surface area contributed by atoms with Gasteiger partial charge in [-0.05, 0) is 19.3 Å². The molecule has 2 nitrogen and oxygen atoms in total. The first-order chi connectivity index (χ1) is 7.85. The molecule has 0 saturated carbocycles. The van der Waals surface area contributed by atoms with E-state index < -0.39 is 0 Å². The van der Waals surface area contributed by atoms with Gasteiger partial charge in [0.1, 0.15) is 0 Å². The molecule has 0 atom stereocenters. The van der Waals surface area contributed by atoms with Crippen molar-refractivity contribution in [1.82, 2.24) is 5.32 Å². The molecule has 0 amide bonds. The van der Waals surface area contributed by atoms with Crippen LogP contribution in [0.1, 0.15) is 59.3 Å². The Morgan fingerprint density at radius 1 is 1.00 bits per heavy atom. The molecule has 0 fully saturated rings. The van der Waals surface area contributed by atoms with Crippen LogP contribution in [-0.2, 0) is 0 Å². The summed E-state index contributed by atoms with van der Waals surface area (Å²) in [6.45, 7) is 8.72. The number of rotatable bonds is 9. The maximum Gasteiger partial charge on any atom is 0.156 e. The smallest absolute Gasteiger partial charge is 0.156 e. The number of nitrogens with zero attached hydrogens (tertiary/aromatic N) is 1. The van der Waals surface area contributed by atoms with Crippen molar-refractivity contribution in [2.75, 3.05) is 18.8 Å². The number of hydrogen-bond donors (Lipinski definition) is 1. The number of halogens is 1. The van der Waals surface area contributed by atoms with Crippen molar-refractivity contribution < 1.29 is 0 Å². The second-order valence-corrected chi connectivity index (χ2v) is 5.11. The third-order valence-corrected chi connectivity index (χ3v) is 3.35. The van der Waals surface area contributed by atoms with Crippen LogP contribution in [-0.4, -0.2) is 24.0 Å². The monoisotopic (exact) mass is 324 g/mol. The predicted octanol–water partition coefficient (Wildman–Crippen LogP) is 4.64. The molecule has 0 aliphatic heterocycles. The van der Waals surface area contributed by atoms with E-state index in [2.05, 4.69) is 31.1 Å². The van der Waals surface area contributed by atoms with Gasteiger partial charge in [0.05, 0.1) is 0 Å². The molecule has 0 aromatic heterocycles. The van der Waals surface area contributed by atoms with Crippen molar-refractivity contribution in [1.29, 1.82) is 0 Å². The molecule has 0 aliphatic rings. The van der Waals surface area contributed by atoms with Crippen LogP contribution in [0.3, 0.4) is 0 Å². The molecule has 0 radical (unpaired) electrons. The third-order valence-electron chi connectivity index (χ3n) is 2.31. The zero-order valence-corrected chi connectivity index (χ0v) is 14.2. The fourth-order valence-electron chi connectivity index (χ4n) is 1.18. The number of hydrogen-bond acceptors (Lipinski definition) is 2. The number of unbranched alkanes of at least 4 members (excludes halogenated alkanes) is 3. The van der Waals surface area contributed by atoms with Gasteiger partial charge in [0, 0.05) is 18.8 Å². The van der Waals surface area contributed by atoms with Crippen LogP contribution < -0.4 is 5.32 Å². The average molecular weight is 325 g/mol. The number of thioether (sulfide) groups is 1. The van der Waals surface area contributed by atoms with E-state index in [1.165, 1.54) is 44.3 Å². The molecule has 17 heavy (non-hydrogen) atoms. The van der Waals surface area contributed by atoms with Gasteiger partial charge < -0.3 is 5.32 Å². The van der Waals surface area contributed by atoms with Crippen LogP contribution >= 0.6 is 28.7 Å². The summed E-state index contributed by atoms with van der Waals surface area (Å²) in [7, 11) is 0. The fourth-order valence-corrected chi connectivity index (χ4v) is 2.19. The lowest BCUT2D eigenvalue weighted by Crippen LogP contribution is -2.22. The maximum absolute atomic E-state index is 4.63. The largest absolute Gasteiger partial charge is 0.365 e. The molecular weight excluding hydrogens is 296 g/mol. The Morgan fingerprint density at radius 3 is 2.24 bits per heavy atom. The minimum Gasteiger partial charge on any atom is -0.365 e. The number of amidine groups is 1. The summed E-state index contributed by atoms with van der Waals surface area (Å²) in [5.74, 6) is 1.20. The highest BCUT2D eigenvalue weighted by molar-refractivity contribution is 8.93. The summed E-state index contributed by atoms with van der Waals surface area (Å²) >= 11 is 1.89. The fraction of sp³-hybridized carbons (Fsp3) is 0.923. The Balaban J connectivity index is 0. The highest BCUT2D eigenvalue weighted by Gasteiger charge is 1.98. The molecule has 0 aromatic rings. The van der Waals surface area contributed by atoms with Gasteiger partial charge in [0.2, 0.25) is 0 Å². The lowest BCUT2D eigenvalue weighted by Gasteiger charge is -2.08. The Hall–Kier alpha value is 0.300. The van der Waals surface area contributed by atoms with Gasteiger partial charge in [-0.25, -0.2) is 0 Å². The molecule has 104 valence electrons. The summed E-state index contributed by atoms with van der Waals surface area (Å²) in [6, 6.07) is 0. The van der Waals surface area contributed by atoms with Crippen molar-refractivity contribution in [2.45, 2.75) is 59.3 Å². The van der Waals surface area contributed by atoms with E-state index in [1.807, 2.05) is 11.8 Å². The molecule has 0 saturated heterocycles. The Bertz CT molecular complexity index is 163.